The molecule has 2 aromatic carbocycles. The maximum absolute atomic E-state index is 12.2. The second-order valence-electron chi connectivity index (χ2n) is 7.82. The number of hydrogen-bond acceptors (Lipinski definition) is 5. The van der Waals surface area contributed by atoms with E-state index in [0.29, 0.717) is 6.04 Å². The van der Waals surface area contributed by atoms with Crippen LogP contribution < -0.4 is 14.4 Å². The van der Waals surface area contributed by atoms with Gasteiger partial charge in [0.2, 0.25) is 0 Å². The van der Waals surface area contributed by atoms with Crippen LogP contribution in [0.15, 0.2) is 66.4 Å². The molecule has 1 aliphatic carbocycles. The summed E-state index contributed by atoms with van der Waals surface area (Å²) in [5.74, 6) is 3.08. The standard InChI is InChI=1S/C17H22N2O2.C8H10O2.CH4/c1-18-11-10-13-8-9-15(12-16(13)18)21-17(20)19(2)14-6-4-3-5-7-14;1-9-7-5-3-4-6-8(7)10-2;/h3-7,9,13,16H,8,10-12H2,1-2H3;3-6H,1-2H3;1H4. The minimum Gasteiger partial charge on any atom is -0.493 e. The van der Waals surface area contributed by atoms with E-state index in [9.17, 15) is 4.79 Å². The number of anilines is 1. The third kappa shape index (κ3) is 6.26. The summed E-state index contributed by atoms with van der Waals surface area (Å²) >= 11 is 0. The van der Waals surface area contributed by atoms with Crippen molar-refractivity contribution in [3.63, 3.8) is 0 Å². The largest absolute Gasteiger partial charge is 0.493 e. The lowest BCUT2D eigenvalue weighted by Gasteiger charge is -2.29. The van der Waals surface area contributed by atoms with Gasteiger partial charge in [-0.25, -0.2) is 4.79 Å². The summed E-state index contributed by atoms with van der Waals surface area (Å²) in [4.78, 5) is 16.2. The van der Waals surface area contributed by atoms with Crippen LogP contribution in [-0.2, 0) is 4.74 Å². The lowest BCUT2D eigenvalue weighted by Crippen LogP contribution is -2.34. The molecule has 2 unspecified atom stereocenters. The Morgan fingerprint density at radius 3 is 2.19 bits per heavy atom. The summed E-state index contributed by atoms with van der Waals surface area (Å²) in [6.07, 6.45) is 4.90. The van der Waals surface area contributed by atoms with Crippen LogP contribution in [0.4, 0.5) is 10.5 Å². The maximum atomic E-state index is 12.2. The van der Waals surface area contributed by atoms with E-state index in [1.165, 1.54) is 6.42 Å². The van der Waals surface area contributed by atoms with Gasteiger partial charge in [-0.15, -0.1) is 0 Å². The summed E-state index contributed by atoms with van der Waals surface area (Å²) in [6.45, 7) is 1.15. The average Bonchev–Trinajstić information content (AvgIpc) is 3.19. The highest BCUT2D eigenvalue weighted by atomic mass is 16.6. The SMILES string of the molecule is C.CN(C(=O)OC1=CCC2CCN(C)C2C1)c1ccccc1.COc1ccccc1OC. The quantitative estimate of drug-likeness (QED) is 0.620. The lowest BCUT2D eigenvalue weighted by atomic mass is 9.89. The first kappa shape index (κ1) is 25.3. The van der Waals surface area contributed by atoms with Crippen LogP contribution >= 0.6 is 0 Å². The van der Waals surface area contributed by atoms with Gasteiger partial charge >= 0.3 is 6.09 Å². The van der Waals surface area contributed by atoms with Gasteiger partial charge in [-0.05, 0) is 62.7 Å². The van der Waals surface area contributed by atoms with E-state index in [0.717, 1.165) is 48.2 Å². The highest BCUT2D eigenvalue weighted by molar-refractivity contribution is 5.87. The van der Waals surface area contributed by atoms with E-state index in [-0.39, 0.29) is 13.5 Å². The van der Waals surface area contributed by atoms with E-state index in [1.54, 1.807) is 26.2 Å². The van der Waals surface area contributed by atoms with Crippen molar-refractivity contribution in [2.45, 2.75) is 32.7 Å². The van der Waals surface area contributed by atoms with Gasteiger partial charge in [0.05, 0.1) is 14.2 Å². The minimum absolute atomic E-state index is 0. The Kier molecular flexibility index (Phi) is 9.60. The number of amides is 1. The van der Waals surface area contributed by atoms with Crippen molar-refractivity contribution in [2.24, 2.45) is 5.92 Å². The molecule has 1 heterocycles. The molecule has 1 saturated heterocycles. The number of rotatable bonds is 4. The average molecular weight is 441 g/mol. The fourth-order valence-electron chi connectivity index (χ4n) is 4.07. The van der Waals surface area contributed by atoms with Crippen LogP contribution in [0.5, 0.6) is 11.5 Å². The molecule has 1 aliphatic heterocycles. The number of fused-ring (bicyclic) bond motifs is 1. The van der Waals surface area contributed by atoms with E-state index in [1.807, 2.05) is 54.6 Å². The minimum atomic E-state index is -0.313. The van der Waals surface area contributed by atoms with Crippen molar-refractivity contribution in [3.8, 4) is 11.5 Å². The van der Waals surface area contributed by atoms with E-state index in [2.05, 4.69) is 18.0 Å². The van der Waals surface area contributed by atoms with Crippen molar-refractivity contribution in [2.75, 3.05) is 39.8 Å². The maximum Gasteiger partial charge on any atom is 0.419 e. The van der Waals surface area contributed by atoms with Gasteiger partial charge in [-0.3, -0.25) is 4.90 Å². The van der Waals surface area contributed by atoms with Gasteiger partial charge in [-0.2, -0.15) is 0 Å². The molecule has 0 spiro atoms. The highest BCUT2D eigenvalue weighted by Gasteiger charge is 2.35. The zero-order valence-electron chi connectivity index (χ0n) is 18.8. The summed E-state index contributed by atoms with van der Waals surface area (Å²) in [5, 5.41) is 0. The van der Waals surface area contributed by atoms with Gasteiger partial charge in [0.15, 0.2) is 11.5 Å². The van der Waals surface area contributed by atoms with Gasteiger partial charge in [-0.1, -0.05) is 37.8 Å². The van der Waals surface area contributed by atoms with Crippen LogP contribution in [0.1, 0.15) is 26.7 Å². The molecule has 0 saturated carbocycles. The van der Waals surface area contributed by atoms with E-state index < -0.39 is 0 Å². The third-order valence-electron chi connectivity index (χ3n) is 5.95. The molecule has 2 aliphatic rings. The molecule has 6 nitrogen and oxygen atoms in total. The fourth-order valence-corrected chi connectivity index (χ4v) is 4.07. The second-order valence-corrected chi connectivity index (χ2v) is 7.82. The molecule has 1 amide bonds. The zero-order chi connectivity index (χ0) is 22.2. The Morgan fingerprint density at radius 2 is 1.59 bits per heavy atom. The normalized spacial score (nSPS) is 19.3. The third-order valence-corrected chi connectivity index (χ3v) is 5.95. The van der Waals surface area contributed by atoms with Crippen LogP contribution in [0.2, 0.25) is 0 Å². The van der Waals surface area contributed by atoms with E-state index >= 15 is 0 Å². The lowest BCUT2D eigenvalue weighted by molar-refractivity contribution is 0.164. The van der Waals surface area contributed by atoms with Gasteiger partial charge in [0.25, 0.3) is 0 Å². The van der Waals surface area contributed by atoms with E-state index in [4.69, 9.17) is 14.2 Å². The Balaban J connectivity index is 0.000000280. The summed E-state index contributed by atoms with van der Waals surface area (Å²) in [7, 11) is 7.15. The molecule has 0 bridgehead atoms. The Morgan fingerprint density at radius 1 is 1.00 bits per heavy atom. The number of carbonyl (C=O) groups is 1. The van der Waals surface area contributed by atoms with Crippen molar-refractivity contribution in [1.82, 2.24) is 4.90 Å². The monoisotopic (exact) mass is 440 g/mol. The second kappa shape index (κ2) is 12.2. The number of benzene rings is 2. The molecular formula is C26H36N2O4. The summed E-state index contributed by atoms with van der Waals surface area (Å²) in [5.41, 5.74) is 0.842. The molecule has 32 heavy (non-hydrogen) atoms. The molecule has 2 aromatic rings. The predicted octanol–water partition coefficient (Wildman–Crippen LogP) is 5.60. The smallest absolute Gasteiger partial charge is 0.419 e. The molecule has 0 N–H and O–H groups in total. The molecule has 4 rings (SSSR count). The summed E-state index contributed by atoms with van der Waals surface area (Å²) < 4.78 is 15.6. The Hall–Kier alpha value is -2.99. The number of nitrogens with zero attached hydrogens (tertiary/aromatic N) is 2. The first-order valence-electron chi connectivity index (χ1n) is 10.6. The molecule has 174 valence electrons. The number of ether oxygens (including phenoxy) is 3. The van der Waals surface area contributed by atoms with Crippen molar-refractivity contribution < 1.29 is 19.0 Å². The molecule has 1 fully saturated rings. The molecule has 2 atom stereocenters. The molecule has 0 radical (unpaired) electrons. The summed E-state index contributed by atoms with van der Waals surface area (Å²) in [6, 6.07) is 17.6. The van der Waals surface area contributed by atoms with Crippen LogP contribution in [0.25, 0.3) is 0 Å². The predicted molar refractivity (Wildman–Crippen MR) is 129 cm³/mol. The first-order chi connectivity index (χ1) is 15.0. The molecular weight excluding hydrogens is 404 g/mol. The van der Waals surface area contributed by atoms with Crippen LogP contribution in [0, 0.1) is 5.92 Å². The van der Waals surface area contributed by atoms with Crippen molar-refractivity contribution in [1.29, 1.82) is 0 Å². The number of hydrogen-bond donors (Lipinski definition) is 0. The van der Waals surface area contributed by atoms with Gasteiger partial charge in [0, 0.05) is 25.2 Å². The fraction of sp³-hybridized carbons (Fsp3) is 0.423. The zero-order valence-corrected chi connectivity index (χ0v) is 18.8. The Labute approximate surface area is 192 Å². The topological polar surface area (TPSA) is 51.2 Å². The number of carbonyl (C=O) groups excluding carboxylic acids is 1. The van der Waals surface area contributed by atoms with Crippen molar-refractivity contribution in [3.05, 3.63) is 66.4 Å². The molecule has 0 aromatic heterocycles. The number of methoxy groups -OCH3 is 2. The van der Waals surface area contributed by atoms with Gasteiger partial charge < -0.3 is 19.1 Å². The Bertz CT molecular complexity index is 861. The van der Waals surface area contributed by atoms with Crippen LogP contribution in [0.3, 0.4) is 0 Å². The van der Waals surface area contributed by atoms with Gasteiger partial charge in [0.1, 0.15) is 5.76 Å². The first-order valence-corrected chi connectivity index (χ1v) is 10.6. The molecule has 6 heteroatoms. The number of likely N-dealkylation sites (tertiary alicyclic amines) is 1. The van der Waals surface area contributed by atoms with Crippen LogP contribution in [-0.4, -0.2) is 51.9 Å². The highest BCUT2D eigenvalue weighted by Crippen LogP contribution is 2.35. The van der Waals surface area contributed by atoms with Crippen molar-refractivity contribution >= 4 is 11.8 Å². The number of para-hydroxylation sites is 3. The number of allylic oxidation sites excluding steroid dienone is 1.